The van der Waals surface area contributed by atoms with Crippen molar-refractivity contribution < 1.29 is 19.0 Å². The van der Waals surface area contributed by atoms with E-state index in [1.54, 1.807) is 0 Å². The van der Waals surface area contributed by atoms with Crippen LogP contribution < -0.4 is 0 Å². The molecule has 0 N–H and O–H groups in total. The van der Waals surface area contributed by atoms with Gasteiger partial charge in [0.25, 0.3) is 0 Å². The number of nitrogens with zero attached hydrogens (tertiary/aromatic N) is 2. The maximum Gasteiger partial charge on any atom is 0.320 e. The van der Waals surface area contributed by atoms with Crippen molar-refractivity contribution in [2.45, 2.75) is 19.3 Å². The number of rotatable bonds is 7. The summed E-state index contributed by atoms with van der Waals surface area (Å²) in [5, 5.41) is 0. The molecule has 0 radical (unpaired) electrons. The van der Waals surface area contributed by atoms with E-state index in [0.29, 0.717) is 26.4 Å². The van der Waals surface area contributed by atoms with Crippen molar-refractivity contribution in [3.8, 4) is 0 Å². The second kappa shape index (κ2) is 9.71. The minimum atomic E-state index is -0.807. The van der Waals surface area contributed by atoms with E-state index in [2.05, 4.69) is 46.2 Å². The van der Waals surface area contributed by atoms with Gasteiger partial charge in [-0.1, -0.05) is 54.6 Å². The molecule has 0 amide bonds. The number of ether oxygens (including phenoxy) is 3. The molecule has 4 rings (SSSR count). The molecule has 30 heavy (non-hydrogen) atoms. The summed E-state index contributed by atoms with van der Waals surface area (Å²) in [7, 11) is 0. The predicted molar refractivity (Wildman–Crippen MR) is 114 cm³/mol. The van der Waals surface area contributed by atoms with Crippen molar-refractivity contribution in [3.05, 3.63) is 71.3 Å². The molecule has 2 aliphatic rings. The van der Waals surface area contributed by atoms with Crippen LogP contribution in [0, 0.1) is 0 Å². The summed E-state index contributed by atoms with van der Waals surface area (Å²) in [5.74, 6) is -0.941. The molecule has 2 aliphatic heterocycles. The first-order valence-electron chi connectivity index (χ1n) is 10.7. The molecule has 2 aromatic carbocycles. The highest BCUT2D eigenvalue weighted by molar-refractivity contribution is 5.71. The Balaban J connectivity index is 1.36. The van der Waals surface area contributed by atoms with Crippen molar-refractivity contribution in [2.75, 3.05) is 52.5 Å². The molecule has 2 heterocycles. The topological polar surface area (TPSA) is 51.2 Å². The van der Waals surface area contributed by atoms with Crippen molar-refractivity contribution in [3.63, 3.8) is 0 Å². The highest BCUT2D eigenvalue weighted by atomic mass is 16.7. The van der Waals surface area contributed by atoms with Crippen LogP contribution in [0.1, 0.15) is 23.6 Å². The largest absolute Gasteiger partial charge is 0.465 e. The summed E-state index contributed by atoms with van der Waals surface area (Å²) in [6.07, 6.45) is 0. The van der Waals surface area contributed by atoms with Gasteiger partial charge in [0.05, 0.1) is 26.4 Å². The van der Waals surface area contributed by atoms with Gasteiger partial charge < -0.3 is 14.2 Å². The van der Waals surface area contributed by atoms with E-state index in [9.17, 15) is 4.79 Å². The molecule has 2 fully saturated rings. The van der Waals surface area contributed by atoms with Crippen molar-refractivity contribution in [1.82, 2.24) is 9.80 Å². The van der Waals surface area contributed by atoms with Gasteiger partial charge in [-0.2, -0.15) is 0 Å². The van der Waals surface area contributed by atoms with Gasteiger partial charge in [0.2, 0.25) is 5.79 Å². The predicted octanol–water partition coefficient (Wildman–Crippen LogP) is 2.62. The monoisotopic (exact) mass is 410 g/mol. The minimum Gasteiger partial charge on any atom is -0.465 e. The zero-order chi connectivity index (χ0) is 20.8. The number of esters is 1. The second-order valence-corrected chi connectivity index (χ2v) is 7.73. The third kappa shape index (κ3) is 4.73. The third-order valence-corrected chi connectivity index (χ3v) is 5.71. The molecule has 0 saturated carbocycles. The second-order valence-electron chi connectivity index (χ2n) is 7.73. The average Bonchev–Trinajstić information content (AvgIpc) is 3.28. The standard InChI is InChI=1S/C24H30N2O4/c1-2-28-23(27)19-26-14-12-25(13-15-26)18-20-8-10-22(11-9-20)24(29-16-17-30-24)21-6-4-3-5-7-21/h3-11H,2,12-19H2,1H3. The zero-order valence-electron chi connectivity index (χ0n) is 17.6. The number of carbonyl (C=O) groups is 1. The zero-order valence-corrected chi connectivity index (χ0v) is 17.6. The van der Waals surface area contributed by atoms with Crippen LogP contribution in [-0.4, -0.2) is 68.3 Å². The summed E-state index contributed by atoms with van der Waals surface area (Å²) in [6, 6.07) is 18.7. The van der Waals surface area contributed by atoms with Crippen LogP contribution in [0.25, 0.3) is 0 Å². The number of benzene rings is 2. The van der Waals surface area contributed by atoms with E-state index in [0.717, 1.165) is 43.9 Å². The Kier molecular flexibility index (Phi) is 6.79. The summed E-state index contributed by atoms with van der Waals surface area (Å²) < 4.78 is 17.2. The Morgan fingerprint density at radius 2 is 1.50 bits per heavy atom. The van der Waals surface area contributed by atoms with Gasteiger partial charge in [0.15, 0.2) is 0 Å². The summed E-state index contributed by atoms with van der Waals surface area (Å²) in [4.78, 5) is 16.2. The normalized spacial score (nSPS) is 19.6. The Morgan fingerprint density at radius 3 is 2.13 bits per heavy atom. The number of carbonyl (C=O) groups excluding carboxylic acids is 1. The lowest BCUT2D eigenvalue weighted by atomic mass is 9.96. The lowest BCUT2D eigenvalue weighted by Gasteiger charge is -2.34. The van der Waals surface area contributed by atoms with E-state index in [-0.39, 0.29) is 5.97 Å². The van der Waals surface area contributed by atoms with Gasteiger partial charge in [-0.05, 0) is 12.5 Å². The van der Waals surface area contributed by atoms with Gasteiger partial charge >= 0.3 is 5.97 Å². The summed E-state index contributed by atoms with van der Waals surface area (Å²) >= 11 is 0. The lowest BCUT2D eigenvalue weighted by Crippen LogP contribution is -2.47. The number of hydrogen-bond donors (Lipinski definition) is 0. The summed E-state index contributed by atoms with van der Waals surface area (Å²) in [6.45, 7) is 8.41. The Bertz CT molecular complexity index is 811. The van der Waals surface area contributed by atoms with Crippen molar-refractivity contribution >= 4 is 5.97 Å². The van der Waals surface area contributed by atoms with E-state index < -0.39 is 5.79 Å². The Hall–Kier alpha value is -2.25. The van der Waals surface area contributed by atoms with Gasteiger partial charge in [0.1, 0.15) is 0 Å². The molecule has 0 atom stereocenters. The maximum atomic E-state index is 11.7. The fourth-order valence-corrected chi connectivity index (χ4v) is 4.15. The first-order valence-corrected chi connectivity index (χ1v) is 10.7. The van der Waals surface area contributed by atoms with E-state index in [1.807, 2.05) is 25.1 Å². The molecule has 2 saturated heterocycles. The Labute approximate surface area is 178 Å². The first-order chi connectivity index (χ1) is 14.7. The van der Waals surface area contributed by atoms with Crippen LogP contribution in [0.15, 0.2) is 54.6 Å². The van der Waals surface area contributed by atoms with Crippen LogP contribution in [0.4, 0.5) is 0 Å². The molecule has 0 aromatic heterocycles. The van der Waals surface area contributed by atoms with Crippen LogP contribution in [0.5, 0.6) is 0 Å². The highest BCUT2D eigenvalue weighted by Gasteiger charge is 2.40. The smallest absolute Gasteiger partial charge is 0.320 e. The molecule has 0 bridgehead atoms. The van der Waals surface area contributed by atoms with Gasteiger partial charge in [0, 0.05) is 43.9 Å². The van der Waals surface area contributed by atoms with Gasteiger partial charge in [-0.15, -0.1) is 0 Å². The van der Waals surface area contributed by atoms with Crippen LogP contribution in [-0.2, 0) is 31.3 Å². The SMILES string of the molecule is CCOC(=O)CN1CCN(Cc2ccc(C3(c4ccccc4)OCCO3)cc2)CC1. The maximum absolute atomic E-state index is 11.7. The fraction of sp³-hybridized carbons (Fsp3) is 0.458. The average molecular weight is 411 g/mol. The highest BCUT2D eigenvalue weighted by Crippen LogP contribution is 2.38. The minimum absolute atomic E-state index is 0.134. The molecular weight excluding hydrogens is 380 g/mol. The van der Waals surface area contributed by atoms with Crippen LogP contribution in [0.2, 0.25) is 0 Å². The quantitative estimate of drug-likeness (QED) is 0.654. The third-order valence-electron chi connectivity index (χ3n) is 5.71. The molecular formula is C24H30N2O4. The molecule has 0 unspecified atom stereocenters. The molecule has 2 aromatic rings. The Morgan fingerprint density at radius 1 is 0.900 bits per heavy atom. The molecule has 6 nitrogen and oxygen atoms in total. The fourth-order valence-electron chi connectivity index (χ4n) is 4.15. The van der Waals surface area contributed by atoms with Crippen LogP contribution >= 0.6 is 0 Å². The molecule has 0 spiro atoms. The first kappa shape index (κ1) is 21.0. The van der Waals surface area contributed by atoms with Gasteiger partial charge in [-0.25, -0.2) is 0 Å². The molecule has 0 aliphatic carbocycles. The number of hydrogen-bond acceptors (Lipinski definition) is 6. The van der Waals surface area contributed by atoms with Crippen LogP contribution in [0.3, 0.4) is 0 Å². The van der Waals surface area contributed by atoms with Crippen molar-refractivity contribution in [2.24, 2.45) is 0 Å². The number of piperazine rings is 1. The van der Waals surface area contributed by atoms with E-state index >= 15 is 0 Å². The van der Waals surface area contributed by atoms with Gasteiger partial charge in [-0.3, -0.25) is 14.6 Å². The van der Waals surface area contributed by atoms with Crippen molar-refractivity contribution in [1.29, 1.82) is 0 Å². The van der Waals surface area contributed by atoms with E-state index in [4.69, 9.17) is 14.2 Å². The lowest BCUT2D eigenvalue weighted by molar-refractivity contribution is -0.144. The summed E-state index contributed by atoms with van der Waals surface area (Å²) in [5.41, 5.74) is 3.31. The van der Waals surface area contributed by atoms with E-state index in [1.165, 1.54) is 5.56 Å². The molecule has 6 heteroatoms. The molecule has 160 valence electrons.